The number of ether oxygens (including phenoxy) is 2. The first kappa shape index (κ1) is 21.4. The zero-order chi connectivity index (χ0) is 22.3. The fourth-order valence-corrected chi connectivity index (χ4v) is 3.47. The molecule has 0 aliphatic rings. The van der Waals surface area contributed by atoms with Crippen LogP contribution in [0.1, 0.15) is 21.5 Å². The van der Waals surface area contributed by atoms with Crippen molar-refractivity contribution < 1.29 is 14.3 Å². The van der Waals surface area contributed by atoms with Crippen LogP contribution in [0, 0.1) is 0 Å². The molecule has 0 fully saturated rings. The van der Waals surface area contributed by atoms with Crippen molar-refractivity contribution in [1.82, 2.24) is 5.43 Å². The van der Waals surface area contributed by atoms with Gasteiger partial charge in [0, 0.05) is 16.1 Å². The number of hydrazone groups is 1. The molecule has 0 radical (unpaired) electrons. The number of nitrogens with one attached hydrogen (secondary N) is 1. The van der Waals surface area contributed by atoms with Gasteiger partial charge in [0.05, 0.1) is 18.9 Å². The van der Waals surface area contributed by atoms with Gasteiger partial charge < -0.3 is 9.47 Å². The first-order valence-electron chi connectivity index (χ1n) is 10.0. The molecule has 1 N–H and O–H groups in total. The van der Waals surface area contributed by atoms with E-state index in [4.69, 9.17) is 21.1 Å². The monoisotopic (exact) mass is 444 g/mol. The van der Waals surface area contributed by atoms with Crippen LogP contribution >= 0.6 is 11.6 Å². The number of para-hydroxylation sites is 1. The lowest BCUT2D eigenvalue weighted by Gasteiger charge is -2.10. The van der Waals surface area contributed by atoms with E-state index in [0.29, 0.717) is 28.7 Å². The Bertz CT molecular complexity index is 1290. The van der Waals surface area contributed by atoms with Crippen molar-refractivity contribution in [1.29, 1.82) is 0 Å². The van der Waals surface area contributed by atoms with Gasteiger partial charge in [-0.15, -0.1) is 0 Å². The summed E-state index contributed by atoms with van der Waals surface area (Å²) in [7, 11) is 1.54. The second kappa shape index (κ2) is 9.98. The molecule has 0 aliphatic heterocycles. The van der Waals surface area contributed by atoms with Crippen molar-refractivity contribution in [3.8, 4) is 11.5 Å². The molecule has 4 rings (SSSR count). The third-order valence-electron chi connectivity index (χ3n) is 4.94. The van der Waals surface area contributed by atoms with Crippen LogP contribution in [0.4, 0.5) is 0 Å². The summed E-state index contributed by atoms with van der Waals surface area (Å²) >= 11 is 6.20. The minimum Gasteiger partial charge on any atom is -0.496 e. The van der Waals surface area contributed by atoms with Gasteiger partial charge in [-0.05, 0) is 41.1 Å². The lowest BCUT2D eigenvalue weighted by molar-refractivity contribution is 0.0952. The minimum absolute atomic E-state index is 0.325. The highest BCUT2D eigenvalue weighted by Crippen LogP contribution is 2.26. The molecule has 0 aliphatic carbocycles. The molecule has 1 amide bonds. The van der Waals surface area contributed by atoms with E-state index in [1.165, 1.54) is 7.11 Å². The van der Waals surface area contributed by atoms with Crippen LogP contribution in [-0.4, -0.2) is 19.2 Å². The maximum absolute atomic E-state index is 12.7. The number of halogens is 1. The number of hydrogen-bond donors (Lipinski definition) is 1. The Kier molecular flexibility index (Phi) is 6.68. The summed E-state index contributed by atoms with van der Waals surface area (Å²) in [6.07, 6.45) is 1.55. The van der Waals surface area contributed by atoms with E-state index in [-0.39, 0.29) is 5.91 Å². The zero-order valence-electron chi connectivity index (χ0n) is 17.4. The highest BCUT2D eigenvalue weighted by Gasteiger charge is 2.13. The summed E-state index contributed by atoms with van der Waals surface area (Å²) in [5.74, 6) is 0.756. The molecular weight excluding hydrogens is 424 g/mol. The molecule has 4 aromatic carbocycles. The van der Waals surface area contributed by atoms with Gasteiger partial charge >= 0.3 is 0 Å². The Labute approximate surface area is 191 Å². The predicted octanol–water partition coefficient (Wildman–Crippen LogP) is 5.84. The lowest BCUT2D eigenvalue weighted by Crippen LogP contribution is -2.18. The van der Waals surface area contributed by atoms with Crippen molar-refractivity contribution in [3.63, 3.8) is 0 Å². The van der Waals surface area contributed by atoms with Crippen LogP contribution in [0.25, 0.3) is 10.8 Å². The average molecular weight is 445 g/mol. The maximum Gasteiger partial charge on any atom is 0.275 e. The van der Waals surface area contributed by atoms with E-state index >= 15 is 0 Å². The number of carbonyl (C=O) groups is 1. The second-order valence-corrected chi connectivity index (χ2v) is 7.42. The second-order valence-electron chi connectivity index (χ2n) is 7.02. The molecule has 0 bridgehead atoms. The number of amides is 1. The summed E-state index contributed by atoms with van der Waals surface area (Å²) in [5.41, 5.74) is 4.59. The number of carbonyl (C=O) groups excluding carboxylic acids is 1. The summed E-state index contributed by atoms with van der Waals surface area (Å²) in [4.78, 5) is 12.7. The van der Waals surface area contributed by atoms with Crippen molar-refractivity contribution in [2.45, 2.75) is 6.61 Å². The van der Waals surface area contributed by atoms with Gasteiger partial charge in [0.1, 0.15) is 18.1 Å². The smallest absolute Gasteiger partial charge is 0.275 e. The topological polar surface area (TPSA) is 59.9 Å². The first-order chi connectivity index (χ1) is 15.7. The van der Waals surface area contributed by atoms with Gasteiger partial charge in [0.15, 0.2) is 0 Å². The van der Waals surface area contributed by atoms with Crippen molar-refractivity contribution in [3.05, 3.63) is 107 Å². The molecule has 0 heterocycles. The van der Waals surface area contributed by atoms with Gasteiger partial charge in [0.2, 0.25) is 0 Å². The van der Waals surface area contributed by atoms with Crippen LogP contribution in [0.2, 0.25) is 5.02 Å². The Hall–Kier alpha value is -3.83. The average Bonchev–Trinajstić information content (AvgIpc) is 2.83. The molecule has 0 unspecified atom stereocenters. The number of nitrogens with zero attached hydrogens (tertiary/aromatic N) is 1. The molecule has 0 spiro atoms. The number of hydrogen-bond acceptors (Lipinski definition) is 4. The lowest BCUT2D eigenvalue weighted by atomic mass is 10.1. The van der Waals surface area contributed by atoms with Crippen LogP contribution in [0.3, 0.4) is 0 Å². The van der Waals surface area contributed by atoms with E-state index in [0.717, 1.165) is 21.9 Å². The molecule has 0 atom stereocenters. The van der Waals surface area contributed by atoms with Crippen molar-refractivity contribution in [2.75, 3.05) is 7.11 Å². The fourth-order valence-electron chi connectivity index (χ4n) is 3.28. The standard InChI is InChI=1S/C26H21ClN2O3/c1-31-25-15-19-9-3-2-8-18(19)14-22(25)26(30)29-28-16-20-10-5-7-13-24(20)32-17-21-11-4-6-12-23(21)27/h2-16H,17H2,1H3,(H,29,30). The van der Waals surface area contributed by atoms with Gasteiger partial charge in [0.25, 0.3) is 5.91 Å². The Morgan fingerprint density at radius 2 is 1.62 bits per heavy atom. The van der Waals surface area contributed by atoms with Gasteiger partial charge in [-0.25, -0.2) is 5.43 Å². The number of fused-ring (bicyclic) bond motifs is 1. The molecule has 160 valence electrons. The molecule has 6 heteroatoms. The summed E-state index contributed by atoms with van der Waals surface area (Å²) in [6, 6.07) is 26.4. The molecule has 5 nitrogen and oxygen atoms in total. The SMILES string of the molecule is COc1cc2ccccc2cc1C(=O)NN=Cc1ccccc1OCc1ccccc1Cl. The minimum atomic E-state index is -0.363. The Morgan fingerprint density at radius 3 is 2.41 bits per heavy atom. The third kappa shape index (κ3) is 4.90. The van der Waals surface area contributed by atoms with E-state index < -0.39 is 0 Å². The number of rotatable bonds is 7. The summed E-state index contributed by atoms with van der Waals surface area (Å²) < 4.78 is 11.3. The molecule has 32 heavy (non-hydrogen) atoms. The van der Waals surface area contributed by atoms with E-state index in [2.05, 4.69) is 10.5 Å². The van der Waals surface area contributed by atoms with Crippen molar-refractivity contribution >= 4 is 34.5 Å². The van der Waals surface area contributed by atoms with E-state index in [9.17, 15) is 4.79 Å². The molecular formula is C26H21ClN2O3. The van der Waals surface area contributed by atoms with Gasteiger partial charge in [-0.2, -0.15) is 5.10 Å². The highest BCUT2D eigenvalue weighted by atomic mass is 35.5. The third-order valence-corrected chi connectivity index (χ3v) is 5.31. The summed E-state index contributed by atoms with van der Waals surface area (Å²) in [6.45, 7) is 0.325. The molecule has 0 saturated carbocycles. The highest BCUT2D eigenvalue weighted by molar-refractivity contribution is 6.31. The largest absolute Gasteiger partial charge is 0.496 e. The van der Waals surface area contributed by atoms with Crippen LogP contribution in [0.5, 0.6) is 11.5 Å². The Morgan fingerprint density at radius 1 is 0.938 bits per heavy atom. The molecule has 0 saturated heterocycles. The first-order valence-corrected chi connectivity index (χ1v) is 10.4. The summed E-state index contributed by atoms with van der Waals surface area (Å²) in [5, 5.41) is 6.71. The number of methoxy groups -OCH3 is 1. The molecule has 0 aromatic heterocycles. The molecule has 4 aromatic rings. The van der Waals surface area contributed by atoms with Crippen LogP contribution < -0.4 is 14.9 Å². The van der Waals surface area contributed by atoms with Gasteiger partial charge in [-0.1, -0.05) is 66.2 Å². The van der Waals surface area contributed by atoms with E-state index in [1.807, 2.05) is 78.9 Å². The van der Waals surface area contributed by atoms with Gasteiger partial charge in [-0.3, -0.25) is 4.79 Å². The predicted molar refractivity (Wildman–Crippen MR) is 128 cm³/mol. The van der Waals surface area contributed by atoms with Crippen LogP contribution in [0.15, 0.2) is 90.0 Å². The maximum atomic E-state index is 12.7. The quantitative estimate of drug-likeness (QED) is 0.287. The zero-order valence-corrected chi connectivity index (χ0v) is 18.2. The van der Waals surface area contributed by atoms with E-state index in [1.54, 1.807) is 12.3 Å². The van der Waals surface area contributed by atoms with Crippen molar-refractivity contribution in [2.24, 2.45) is 5.10 Å². The fraction of sp³-hybridized carbons (Fsp3) is 0.0769. The normalized spacial score (nSPS) is 10.9. The Balaban J connectivity index is 1.48. The van der Waals surface area contributed by atoms with Crippen LogP contribution in [-0.2, 0) is 6.61 Å². The number of benzene rings is 4.